The van der Waals surface area contributed by atoms with Crippen LogP contribution >= 0.6 is 11.8 Å². The van der Waals surface area contributed by atoms with Crippen molar-refractivity contribution in [2.24, 2.45) is 5.73 Å². The van der Waals surface area contributed by atoms with Crippen molar-refractivity contribution in [3.05, 3.63) is 23.5 Å². The fourth-order valence-corrected chi connectivity index (χ4v) is 3.03. The molecule has 3 heteroatoms. The average molecular weight is 238 g/mol. The number of thioether (sulfide) groups is 1. The van der Waals surface area contributed by atoms with Gasteiger partial charge in [0, 0.05) is 25.0 Å². The molecule has 0 bridgehead atoms. The molecule has 0 fully saturated rings. The molecule has 1 aromatic heterocycles. The van der Waals surface area contributed by atoms with Crippen LogP contribution in [0.15, 0.2) is 12.4 Å². The summed E-state index contributed by atoms with van der Waals surface area (Å²) in [6, 6.07) is 0.287. The van der Waals surface area contributed by atoms with Crippen LogP contribution in [-0.4, -0.2) is 16.1 Å². The van der Waals surface area contributed by atoms with E-state index in [1.165, 1.54) is 41.9 Å². The van der Waals surface area contributed by atoms with Crippen LogP contribution in [0.3, 0.4) is 0 Å². The van der Waals surface area contributed by atoms with Gasteiger partial charge in [0.05, 0.1) is 0 Å². The van der Waals surface area contributed by atoms with Crippen LogP contribution < -0.4 is 5.73 Å². The highest BCUT2D eigenvalue weighted by Gasteiger charge is 2.18. The van der Waals surface area contributed by atoms with Crippen LogP contribution in [-0.2, 0) is 13.0 Å². The van der Waals surface area contributed by atoms with Crippen molar-refractivity contribution in [2.75, 3.05) is 11.5 Å². The molecule has 0 radical (unpaired) electrons. The fraction of sp³-hybridized carbons (Fsp3) is 0.692. The van der Waals surface area contributed by atoms with Gasteiger partial charge in [0.2, 0.25) is 0 Å². The quantitative estimate of drug-likeness (QED) is 0.800. The molecule has 1 atom stereocenters. The predicted octanol–water partition coefficient (Wildman–Crippen LogP) is 2.97. The van der Waals surface area contributed by atoms with E-state index in [4.69, 9.17) is 5.73 Å². The van der Waals surface area contributed by atoms with Crippen LogP contribution in [0.1, 0.15) is 43.4 Å². The Morgan fingerprint density at radius 1 is 1.50 bits per heavy atom. The number of hydrogen-bond donors (Lipinski definition) is 1. The van der Waals surface area contributed by atoms with Crippen molar-refractivity contribution in [1.29, 1.82) is 0 Å². The van der Waals surface area contributed by atoms with Gasteiger partial charge in [0.25, 0.3) is 0 Å². The van der Waals surface area contributed by atoms with Crippen LogP contribution in [0.4, 0.5) is 0 Å². The molecule has 1 aliphatic carbocycles. The Morgan fingerprint density at radius 3 is 3.12 bits per heavy atom. The monoisotopic (exact) mass is 238 g/mol. The minimum absolute atomic E-state index is 0.287. The molecule has 0 saturated heterocycles. The van der Waals surface area contributed by atoms with E-state index in [1.54, 1.807) is 0 Å². The van der Waals surface area contributed by atoms with Crippen LogP contribution in [0, 0.1) is 0 Å². The Morgan fingerprint density at radius 2 is 2.38 bits per heavy atom. The first-order valence-electron chi connectivity index (χ1n) is 6.33. The van der Waals surface area contributed by atoms with E-state index in [2.05, 4.69) is 23.9 Å². The predicted molar refractivity (Wildman–Crippen MR) is 71.9 cm³/mol. The fourth-order valence-electron chi connectivity index (χ4n) is 2.41. The second-order valence-electron chi connectivity index (χ2n) is 4.53. The minimum Gasteiger partial charge on any atom is -0.354 e. The van der Waals surface area contributed by atoms with Crippen molar-refractivity contribution in [3.8, 4) is 0 Å². The topological polar surface area (TPSA) is 30.9 Å². The zero-order valence-corrected chi connectivity index (χ0v) is 10.9. The van der Waals surface area contributed by atoms with E-state index in [-0.39, 0.29) is 6.04 Å². The van der Waals surface area contributed by atoms with E-state index < -0.39 is 0 Å². The van der Waals surface area contributed by atoms with Gasteiger partial charge in [0.1, 0.15) is 0 Å². The zero-order valence-electron chi connectivity index (χ0n) is 10.1. The highest BCUT2D eigenvalue weighted by Crippen LogP contribution is 2.28. The molecule has 1 aliphatic rings. The number of nitrogens with zero attached hydrogens (tertiary/aromatic N) is 1. The van der Waals surface area contributed by atoms with E-state index >= 15 is 0 Å². The molecular formula is C13H22N2S. The van der Waals surface area contributed by atoms with E-state index in [1.807, 2.05) is 11.8 Å². The van der Waals surface area contributed by atoms with Crippen LogP contribution in [0.25, 0.3) is 0 Å². The largest absolute Gasteiger partial charge is 0.354 e. The molecule has 2 N–H and O–H groups in total. The normalized spacial score (nSPS) is 19.8. The Labute approximate surface area is 103 Å². The van der Waals surface area contributed by atoms with Gasteiger partial charge < -0.3 is 10.3 Å². The van der Waals surface area contributed by atoms with Crippen LogP contribution in [0.2, 0.25) is 0 Å². The maximum atomic E-state index is 6.12. The summed E-state index contributed by atoms with van der Waals surface area (Å²) < 4.78 is 2.34. The second-order valence-corrected chi connectivity index (χ2v) is 5.92. The van der Waals surface area contributed by atoms with Crippen molar-refractivity contribution in [3.63, 3.8) is 0 Å². The summed E-state index contributed by atoms with van der Waals surface area (Å²) in [5, 5.41) is 0. The van der Waals surface area contributed by atoms with Crippen molar-refractivity contribution < 1.29 is 0 Å². The standard InChI is InChI=1S/C13H22N2S/c1-2-16-8-4-7-15-9-11-5-3-6-13(14)12(11)10-15/h9-10,13H,2-8,14H2,1H3. The third-order valence-corrected chi connectivity index (χ3v) is 4.25. The van der Waals surface area contributed by atoms with Crippen LogP contribution in [0.5, 0.6) is 0 Å². The van der Waals surface area contributed by atoms with E-state index in [0.717, 1.165) is 13.0 Å². The van der Waals surface area contributed by atoms with Gasteiger partial charge in [-0.3, -0.25) is 0 Å². The number of aryl methyl sites for hydroxylation is 2. The number of nitrogens with two attached hydrogens (primary N) is 1. The third kappa shape index (κ3) is 2.83. The summed E-state index contributed by atoms with van der Waals surface area (Å²) >= 11 is 2.02. The van der Waals surface area contributed by atoms with Gasteiger partial charge in [-0.05, 0) is 48.3 Å². The first-order valence-corrected chi connectivity index (χ1v) is 7.48. The minimum atomic E-state index is 0.287. The van der Waals surface area contributed by atoms with Gasteiger partial charge in [-0.25, -0.2) is 0 Å². The summed E-state index contributed by atoms with van der Waals surface area (Å²) in [6.07, 6.45) is 9.48. The highest BCUT2D eigenvalue weighted by molar-refractivity contribution is 7.99. The lowest BCUT2D eigenvalue weighted by atomic mass is 9.92. The SMILES string of the molecule is CCSCCCn1cc2c(c1)C(N)CCC2. The maximum Gasteiger partial charge on any atom is 0.0312 e. The Balaban J connectivity index is 1.91. The van der Waals surface area contributed by atoms with Gasteiger partial charge in [-0.2, -0.15) is 11.8 Å². The van der Waals surface area contributed by atoms with E-state index in [9.17, 15) is 0 Å². The first kappa shape index (κ1) is 12.1. The molecule has 0 aliphatic heterocycles. The zero-order chi connectivity index (χ0) is 11.4. The Kier molecular flexibility index (Phi) is 4.36. The molecule has 2 nitrogen and oxygen atoms in total. The smallest absolute Gasteiger partial charge is 0.0312 e. The molecule has 0 amide bonds. The number of fused-ring (bicyclic) bond motifs is 1. The second kappa shape index (κ2) is 5.78. The Bertz CT molecular complexity index is 333. The summed E-state index contributed by atoms with van der Waals surface area (Å²) in [6.45, 7) is 3.37. The van der Waals surface area contributed by atoms with Crippen molar-refractivity contribution in [1.82, 2.24) is 4.57 Å². The summed E-state index contributed by atoms with van der Waals surface area (Å²) in [5.74, 6) is 2.50. The van der Waals surface area contributed by atoms with E-state index in [0.29, 0.717) is 0 Å². The molecule has 2 rings (SSSR count). The van der Waals surface area contributed by atoms with Gasteiger partial charge in [-0.1, -0.05) is 6.92 Å². The number of rotatable bonds is 5. The van der Waals surface area contributed by atoms with Gasteiger partial charge >= 0.3 is 0 Å². The van der Waals surface area contributed by atoms with Gasteiger partial charge in [0.15, 0.2) is 0 Å². The molecule has 1 unspecified atom stereocenters. The summed E-state index contributed by atoms with van der Waals surface area (Å²) in [5.41, 5.74) is 9.00. The van der Waals surface area contributed by atoms with Gasteiger partial charge in [-0.15, -0.1) is 0 Å². The molecule has 0 spiro atoms. The third-order valence-electron chi connectivity index (χ3n) is 3.27. The van der Waals surface area contributed by atoms with Crippen molar-refractivity contribution >= 4 is 11.8 Å². The number of hydrogen-bond acceptors (Lipinski definition) is 2. The Hall–Kier alpha value is -0.410. The lowest BCUT2D eigenvalue weighted by Crippen LogP contribution is -2.15. The molecule has 16 heavy (non-hydrogen) atoms. The first-order chi connectivity index (χ1) is 7.81. The molecule has 1 heterocycles. The molecule has 90 valence electrons. The number of aromatic nitrogens is 1. The highest BCUT2D eigenvalue weighted by atomic mass is 32.2. The average Bonchev–Trinajstić information content (AvgIpc) is 2.69. The summed E-state index contributed by atoms with van der Waals surface area (Å²) in [7, 11) is 0. The molecule has 0 saturated carbocycles. The summed E-state index contributed by atoms with van der Waals surface area (Å²) in [4.78, 5) is 0. The van der Waals surface area contributed by atoms with Crippen molar-refractivity contribution in [2.45, 2.75) is 45.2 Å². The molecule has 0 aromatic carbocycles. The lowest BCUT2D eigenvalue weighted by Gasteiger charge is -2.17. The molecular weight excluding hydrogens is 216 g/mol. The lowest BCUT2D eigenvalue weighted by molar-refractivity contribution is 0.573. The molecule has 1 aromatic rings. The maximum absolute atomic E-state index is 6.12.